The van der Waals surface area contributed by atoms with Gasteiger partial charge in [0, 0.05) is 39.1 Å². The number of amides is 1. The van der Waals surface area contributed by atoms with Crippen molar-refractivity contribution in [2.75, 3.05) is 70.2 Å². The highest BCUT2D eigenvalue weighted by molar-refractivity contribution is 5.94. The van der Waals surface area contributed by atoms with Gasteiger partial charge in [0.1, 0.15) is 0 Å². The van der Waals surface area contributed by atoms with E-state index in [9.17, 15) is 4.79 Å². The number of ether oxygens (including phenoxy) is 1. The summed E-state index contributed by atoms with van der Waals surface area (Å²) in [6.45, 7) is 5.75. The van der Waals surface area contributed by atoms with Crippen molar-refractivity contribution in [1.82, 2.24) is 10.2 Å². The highest BCUT2D eigenvalue weighted by atomic mass is 16.5. The molecule has 0 aromatic heterocycles. The second-order valence-electron chi connectivity index (χ2n) is 5.97. The maximum absolute atomic E-state index is 12.1. The number of hydrogen-bond donors (Lipinski definition) is 2. The van der Waals surface area contributed by atoms with Crippen LogP contribution in [0, 0.1) is 0 Å². The third-order valence-corrected chi connectivity index (χ3v) is 3.79. The zero-order valence-corrected chi connectivity index (χ0v) is 14.2. The Labute approximate surface area is 138 Å². The molecule has 0 atom stereocenters. The molecule has 1 heterocycles. The lowest BCUT2D eigenvalue weighted by atomic mass is 10.2. The average Bonchev–Trinajstić information content (AvgIpc) is 2.55. The van der Waals surface area contributed by atoms with Crippen LogP contribution >= 0.6 is 0 Å². The second-order valence-corrected chi connectivity index (χ2v) is 5.97. The number of hydrogen-bond acceptors (Lipinski definition) is 5. The van der Waals surface area contributed by atoms with E-state index in [4.69, 9.17) is 4.74 Å². The zero-order valence-electron chi connectivity index (χ0n) is 14.2. The van der Waals surface area contributed by atoms with Crippen LogP contribution in [0.15, 0.2) is 24.3 Å². The zero-order chi connectivity index (χ0) is 16.5. The lowest BCUT2D eigenvalue weighted by molar-refractivity contribution is -0.116. The average molecular weight is 320 g/mol. The number of morpholine rings is 1. The van der Waals surface area contributed by atoms with Gasteiger partial charge in [0.25, 0.3) is 0 Å². The monoisotopic (exact) mass is 320 g/mol. The van der Waals surface area contributed by atoms with Crippen LogP contribution in [0.4, 0.5) is 11.4 Å². The molecule has 0 aliphatic carbocycles. The van der Waals surface area contributed by atoms with Gasteiger partial charge < -0.3 is 25.2 Å². The van der Waals surface area contributed by atoms with E-state index in [0.717, 1.165) is 50.8 Å². The largest absolute Gasteiger partial charge is 0.378 e. The Balaban J connectivity index is 1.81. The molecule has 0 radical (unpaired) electrons. The summed E-state index contributed by atoms with van der Waals surface area (Å²) in [5.41, 5.74) is 1.96. The van der Waals surface area contributed by atoms with Gasteiger partial charge in [0.15, 0.2) is 0 Å². The molecule has 6 heteroatoms. The van der Waals surface area contributed by atoms with E-state index in [1.54, 1.807) is 0 Å². The van der Waals surface area contributed by atoms with Crippen molar-refractivity contribution in [1.29, 1.82) is 0 Å². The van der Waals surface area contributed by atoms with Crippen LogP contribution in [-0.2, 0) is 9.53 Å². The Hall–Kier alpha value is -1.63. The number of nitrogens with one attached hydrogen (secondary N) is 2. The van der Waals surface area contributed by atoms with E-state index >= 15 is 0 Å². The fourth-order valence-corrected chi connectivity index (χ4v) is 2.50. The quantitative estimate of drug-likeness (QED) is 0.700. The van der Waals surface area contributed by atoms with Crippen LogP contribution < -0.4 is 15.5 Å². The van der Waals surface area contributed by atoms with Gasteiger partial charge in [-0.2, -0.15) is 0 Å². The van der Waals surface area contributed by atoms with E-state index in [1.165, 1.54) is 0 Å². The summed E-state index contributed by atoms with van der Waals surface area (Å²) < 4.78 is 5.39. The molecule has 0 unspecified atom stereocenters. The molecule has 1 saturated heterocycles. The Bertz CT molecular complexity index is 487. The van der Waals surface area contributed by atoms with Crippen molar-refractivity contribution in [3.8, 4) is 0 Å². The Morgan fingerprint density at radius 3 is 2.70 bits per heavy atom. The van der Waals surface area contributed by atoms with Crippen LogP contribution in [0.1, 0.15) is 6.42 Å². The third kappa shape index (κ3) is 6.17. The van der Waals surface area contributed by atoms with E-state index in [2.05, 4.69) is 26.5 Å². The summed E-state index contributed by atoms with van der Waals surface area (Å²) in [7, 11) is 4.08. The molecule has 2 N–H and O–H groups in total. The predicted octanol–water partition coefficient (Wildman–Crippen LogP) is 1.00. The molecule has 1 aromatic carbocycles. The fraction of sp³-hybridized carbons (Fsp3) is 0.588. The Kier molecular flexibility index (Phi) is 7.32. The summed E-state index contributed by atoms with van der Waals surface area (Å²) in [5.74, 6) is 0.0445. The van der Waals surface area contributed by atoms with E-state index in [-0.39, 0.29) is 5.91 Å². The van der Waals surface area contributed by atoms with Crippen LogP contribution in [0.3, 0.4) is 0 Å². The number of carbonyl (C=O) groups excluding carboxylic acids is 1. The van der Waals surface area contributed by atoms with Gasteiger partial charge in [0.05, 0.1) is 24.6 Å². The summed E-state index contributed by atoms with van der Waals surface area (Å²) >= 11 is 0. The summed E-state index contributed by atoms with van der Waals surface area (Å²) in [6, 6.07) is 7.97. The molecule has 1 aromatic rings. The normalized spacial score (nSPS) is 15.0. The number of rotatable bonds is 8. The fourth-order valence-electron chi connectivity index (χ4n) is 2.50. The highest BCUT2D eigenvalue weighted by Crippen LogP contribution is 2.26. The standard InChI is InChI=1S/C17H28N4O2/c1-20(2)10-9-18-8-7-17(22)19-15-5-3-4-6-16(15)21-11-13-23-14-12-21/h3-6,18H,7-14H2,1-2H3,(H,19,22). The first-order valence-electron chi connectivity index (χ1n) is 8.24. The van der Waals surface area contributed by atoms with Gasteiger partial charge in [0.2, 0.25) is 5.91 Å². The van der Waals surface area contributed by atoms with Crippen LogP contribution in [0.5, 0.6) is 0 Å². The second kappa shape index (κ2) is 9.50. The molecule has 1 aliphatic heterocycles. The smallest absolute Gasteiger partial charge is 0.225 e. The first kappa shape index (κ1) is 17.7. The number of nitrogens with zero attached hydrogens (tertiary/aromatic N) is 2. The summed E-state index contributed by atoms with van der Waals surface area (Å²) in [4.78, 5) is 16.5. The molecule has 23 heavy (non-hydrogen) atoms. The van der Waals surface area contributed by atoms with Gasteiger partial charge in [-0.1, -0.05) is 12.1 Å². The maximum atomic E-state index is 12.1. The highest BCUT2D eigenvalue weighted by Gasteiger charge is 2.15. The summed E-state index contributed by atoms with van der Waals surface area (Å²) in [5, 5.41) is 6.32. The van der Waals surface area contributed by atoms with Gasteiger partial charge in [-0.25, -0.2) is 0 Å². The molecule has 6 nitrogen and oxygen atoms in total. The van der Waals surface area contributed by atoms with Crippen molar-refractivity contribution < 1.29 is 9.53 Å². The first-order chi connectivity index (χ1) is 11.2. The van der Waals surface area contributed by atoms with Crippen LogP contribution in [0.2, 0.25) is 0 Å². The minimum Gasteiger partial charge on any atom is -0.378 e. The Morgan fingerprint density at radius 2 is 1.96 bits per heavy atom. The van der Waals surface area contributed by atoms with Crippen molar-refractivity contribution in [3.05, 3.63) is 24.3 Å². The maximum Gasteiger partial charge on any atom is 0.225 e. The van der Waals surface area contributed by atoms with Crippen molar-refractivity contribution in [2.24, 2.45) is 0 Å². The third-order valence-electron chi connectivity index (χ3n) is 3.79. The molecular formula is C17H28N4O2. The van der Waals surface area contributed by atoms with E-state index in [1.807, 2.05) is 32.3 Å². The van der Waals surface area contributed by atoms with Gasteiger partial charge in [-0.05, 0) is 26.2 Å². The van der Waals surface area contributed by atoms with Gasteiger partial charge in [-0.3, -0.25) is 4.79 Å². The molecule has 0 saturated carbocycles. The molecule has 1 fully saturated rings. The van der Waals surface area contributed by atoms with Crippen LogP contribution in [0.25, 0.3) is 0 Å². The molecular weight excluding hydrogens is 292 g/mol. The number of anilines is 2. The molecule has 0 bridgehead atoms. The lowest BCUT2D eigenvalue weighted by Crippen LogP contribution is -2.36. The predicted molar refractivity (Wildman–Crippen MR) is 94.1 cm³/mol. The first-order valence-corrected chi connectivity index (χ1v) is 8.24. The van der Waals surface area contributed by atoms with Crippen molar-refractivity contribution in [2.45, 2.75) is 6.42 Å². The molecule has 128 valence electrons. The Morgan fingerprint density at radius 1 is 1.22 bits per heavy atom. The van der Waals surface area contributed by atoms with Crippen molar-refractivity contribution >= 4 is 17.3 Å². The topological polar surface area (TPSA) is 56.8 Å². The SMILES string of the molecule is CN(C)CCNCCC(=O)Nc1ccccc1N1CCOCC1. The minimum absolute atomic E-state index is 0.0445. The number of carbonyl (C=O) groups is 1. The van der Waals surface area contributed by atoms with Gasteiger partial charge >= 0.3 is 0 Å². The number of benzene rings is 1. The van der Waals surface area contributed by atoms with Crippen molar-refractivity contribution in [3.63, 3.8) is 0 Å². The molecule has 1 amide bonds. The summed E-state index contributed by atoms with van der Waals surface area (Å²) in [6.07, 6.45) is 0.477. The van der Waals surface area contributed by atoms with Crippen LogP contribution in [-0.4, -0.2) is 70.8 Å². The molecule has 0 spiro atoms. The number of likely N-dealkylation sites (N-methyl/N-ethyl adjacent to an activating group) is 1. The van der Waals surface area contributed by atoms with E-state index in [0.29, 0.717) is 13.0 Å². The number of para-hydroxylation sites is 2. The molecule has 2 rings (SSSR count). The minimum atomic E-state index is 0.0445. The lowest BCUT2D eigenvalue weighted by Gasteiger charge is -2.30. The molecule has 1 aliphatic rings. The van der Waals surface area contributed by atoms with E-state index < -0.39 is 0 Å². The van der Waals surface area contributed by atoms with Gasteiger partial charge in [-0.15, -0.1) is 0 Å².